The summed E-state index contributed by atoms with van der Waals surface area (Å²) in [5.74, 6) is 1.87. The zero-order valence-electron chi connectivity index (χ0n) is 11.7. The molecule has 0 atom stereocenters. The molecule has 2 aromatic rings. The van der Waals surface area contributed by atoms with Crippen LogP contribution in [0.3, 0.4) is 0 Å². The molecule has 7 heteroatoms. The number of benzene rings is 1. The average molecular weight is 320 g/mol. The van der Waals surface area contributed by atoms with Crippen LogP contribution in [0.4, 0.5) is 0 Å². The fraction of sp³-hybridized carbons (Fsp3) is 0.400. The Kier molecular flexibility index (Phi) is 2.91. The number of halogens is 1. The Bertz CT molecular complexity index is 693. The molecule has 1 N–H and O–H groups in total. The highest BCUT2D eigenvalue weighted by Crippen LogP contribution is 2.67. The van der Waals surface area contributed by atoms with Crippen LogP contribution in [0.15, 0.2) is 28.8 Å². The van der Waals surface area contributed by atoms with Crippen LogP contribution >= 0.6 is 11.6 Å². The Morgan fingerprint density at radius 1 is 1.32 bits per heavy atom. The number of aromatic nitrogens is 2. The summed E-state index contributed by atoms with van der Waals surface area (Å²) in [4.78, 5) is 15.0. The lowest BCUT2D eigenvalue weighted by atomic mass is 9.39. The van der Waals surface area contributed by atoms with Crippen molar-refractivity contribution in [2.45, 2.75) is 36.8 Å². The molecule has 1 amide bonds. The van der Waals surface area contributed by atoms with E-state index < -0.39 is 0 Å². The van der Waals surface area contributed by atoms with Gasteiger partial charge in [-0.1, -0.05) is 16.8 Å². The number of amides is 1. The maximum absolute atomic E-state index is 10.5. The second-order valence-electron chi connectivity index (χ2n) is 6.11. The highest BCUT2D eigenvalue weighted by atomic mass is 35.5. The first-order chi connectivity index (χ1) is 10.6. The first-order valence-electron chi connectivity index (χ1n) is 7.06. The third kappa shape index (κ3) is 2.06. The van der Waals surface area contributed by atoms with Gasteiger partial charge in [0.1, 0.15) is 5.75 Å². The van der Waals surface area contributed by atoms with Gasteiger partial charge in [-0.2, -0.15) is 4.98 Å². The van der Waals surface area contributed by atoms with Gasteiger partial charge >= 0.3 is 0 Å². The van der Waals surface area contributed by atoms with E-state index in [1.54, 1.807) is 24.3 Å². The lowest BCUT2D eigenvalue weighted by molar-refractivity contribution is -0.131. The quantitative estimate of drug-likeness (QED) is 0.826. The van der Waals surface area contributed by atoms with Crippen LogP contribution in [0, 0.1) is 0 Å². The maximum Gasteiger partial charge on any atom is 0.233 e. The van der Waals surface area contributed by atoms with Gasteiger partial charge in [-0.15, -0.1) is 0 Å². The SMILES string of the molecule is O=CNC12CC(c3nc(COc4ccc(Cl)cc4)no3)(C1)C2. The van der Waals surface area contributed by atoms with Gasteiger partial charge in [-0.25, -0.2) is 0 Å². The monoisotopic (exact) mass is 319 g/mol. The first kappa shape index (κ1) is 13.6. The normalized spacial score (nSPS) is 28.4. The van der Waals surface area contributed by atoms with Gasteiger partial charge in [0.2, 0.25) is 18.1 Å². The van der Waals surface area contributed by atoms with Crippen LogP contribution in [0.25, 0.3) is 0 Å². The van der Waals surface area contributed by atoms with Gasteiger partial charge in [0, 0.05) is 10.6 Å². The van der Waals surface area contributed by atoms with Crippen LogP contribution in [-0.4, -0.2) is 22.1 Å². The van der Waals surface area contributed by atoms with Gasteiger partial charge in [0.25, 0.3) is 0 Å². The molecular formula is C15H14ClN3O3. The van der Waals surface area contributed by atoms with Gasteiger partial charge in [-0.3, -0.25) is 4.79 Å². The van der Waals surface area contributed by atoms with Gasteiger partial charge < -0.3 is 14.6 Å². The van der Waals surface area contributed by atoms with Crippen molar-refractivity contribution >= 4 is 18.0 Å². The van der Waals surface area contributed by atoms with Crippen molar-refractivity contribution in [1.82, 2.24) is 15.5 Å². The van der Waals surface area contributed by atoms with E-state index in [-0.39, 0.29) is 17.6 Å². The van der Waals surface area contributed by atoms with Crippen molar-refractivity contribution in [3.63, 3.8) is 0 Å². The molecule has 3 aliphatic rings. The van der Waals surface area contributed by atoms with Crippen LogP contribution in [0.2, 0.25) is 5.02 Å². The fourth-order valence-electron chi connectivity index (χ4n) is 3.50. The second-order valence-corrected chi connectivity index (χ2v) is 6.55. The number of hydrogen-bond donors (Lipinski definition) is 1. The molecule has 0 radical (unpaired) electrons. The van der Waals surface area contributed by atoms with Crippen molar-refractivity contribution in [2.24, 2.45) is 0 Å². The minimum Gasteiger partial charge on any atom is -0.485 e. The molecule has 3 aliphatic carbocycles. The third-order valence-corrected chi connectivity index (χ3v) is 4.75. The first-order valence-corrected chi connectivity index (χ1v) is 7.44. The highest BCUT2D eigenvalue weighted by Gasteiger charge is 2.71. The van der Waals surface area contributed by atoms with Crippen LogP contribution in [-0.2, 0) is 16.8 Å². The van der Waals surface area contributed by atoms with E-state index in [0.29, 0.717) is 22.5 Å². The Morgan fingerprint density at radius 3 is 2.73 bits per heavy atom. The molecule has 1 aromatic heterocycles. The molecule has 5 rings (SSSR count). The summed E-state index contributed by atoms with van der Waals surface area (Å²) in [6, 6.07) is 7.11. The van der Waals surface area contributed by atoms with Crippen molar-refractivity contribution < 1.29 is 14.1 Å². The molecule has 0 unspecified atom stereocenters. The Morgan fingerprint density at radius 2 is 2.05 bits per heavy atom. The molecule has 114 valence electrons. The fourth-order valence-corrected chi connectivity index (χ4v) is 3.63. The van der Waals surface area contributed by atoms with Crippen molar-refractivity contribution in [1.29, 1.82) is 0 Å². The van der Waals surface area contributed by atoms with Gasteiger partial charge in [-0.05, 0) is 43.5 Å². The van der Waals surface area contributed by atoms with E-state index in [9.17, 15) is 4.79 Å². The second kappa shape index (κ2) is 4.71. The topological polar surface area (TPSA) is 77.2 Å². The number of rotatable bonds is 6. The van der Waals surface area contributed by atoms with E-state index >= 15 is 0 Å². The van der Waals surface area contributed by atoms with Crippen LogP contribution in [0.1, 0.15) is 31.0 Å². The molecule has 3 saturated carbocycles. The summed E-state index contributed by atoms with van der Waals surface area (Å²) in [6.07, 6.45) is 3.39. The summed E-state index contributed by atoms with van der Waals surface area (Å²) in [5.41, 5.74) is -0.0717. The average Bonchev–Trinajstić information content (AvgIpc) is 2.89. The molecule has 2 bridgehead atoms. The summed E-state index contributed by atoms with van der Waals surface area (Å²) < 4.78 is 11.0. The summed E-state index contributed by atoms with van der Waals surface area (Å²) in [7, 11) is 0. The van der Waals surface area contributed by atoms with E-state index in [4.69, 9.17) is 20.9 Å². The van der Waals surface area contributed by atoms with Crippen LogP contribution < -0.4 is 10.1 Å². The molecule has 1 heterocycles. The summed E-state index contributed by atoms with van der Waals surface area (Å²) >= 11 is 5.82. The van der Waals surface area contributed by atoms with Gasteiger partial charge in [0.05, 0.1) is 5.41 Å². The third-order valence-electron chi connectivity index (χ3n) is 4.50. The molecule has 22 heavy (non-hydrogen) atoms. The summed E-state index contributed by atoms with van der Waals surface area (Å²) in [6.45, 7) is 0.249. The smallest absolute Gasteiger partial charge is 0.233 e. The maximum atomic E-state index is 10.5. The molecule has 0 aliphatic heterocycles. The van der Waals surface area contributed by atoms with Crippen LogP contribution in [0.5, 0.6) is 5.75 Å². The molecule has 0 saturated heterocycles. The minimum absolute atomic E-state index is 0.0316. The number of ether oxygens (including phenoxy) is 1. The van der Waals surface area contributed by atoms with Crippen molar-refractivity contribution in [2.75, 3.05) is 0 Å². The molecular weight excluding hydrogens is 306 g/mol. The highest BCUT2D eigenvalue weighted by molar-refractivity contribution is 6.30. The zero-order chi connectivity index (χ0) is 15.2. The molecule has 1 aromatic carbocycles. The molecule has 6 nitrogen and oxygen atoms in total. The lowest BCUT2D eigenvalue weighted by Crippen LogP contribution is -2.75. The lowest BCUT2D eigenvalue weighted by Gasteiger charge is -2.68. The standard InChI is InChI=1S/C15H14ClN3O3/c16-10-1-3-11(4-2-10)21-5-12-18-13(22-19-12)14-6-15(7-14,8-14)17-9-20/h1-4,9H,5-8H2,(H,17,20). The Balaban J connectivity index is 1.37. The predicted molar refractivity (Wildman–Crippen MR) is 77.5 cm³/mol. The number of nitrogens with one attached hydrogen (secondary N) is 1. The van der Waals surface area contributed by atoms with E-state index in [1.807, 2.05) is 0 Å². The number of carbonyl (C=O) groups excluding carboxylic acids is 1. The summed E-state index contributed by atoms with van der Waals surface area (Å²) in [5, 5.41) is 7.50. The minimum atomic E-state index is -0.0401. The van der Waals surface area contributed by atoms with E-state index in [2.05, 4.69) is 15.5 Å². The number of hydrogen-bond acceptors (Lipinski definition) is 5. The molecule has 0 spiro atoms. The van der Waals surface area contributed by atoms with E-state index in [1.165, 1.54) is 0 Å². The van der Waals surface area contributed by atoms with E-state index in [0.717, 1.165) is 25.7 Å². The van der Waals surface area contributed by atoms with Crippen molar-refractivity contribution in [3.8, 4) is 5.75 Å². The largest absolute Gasteiger partial charge is 0.485 e. The Labute approximate surface area is 131 Å². The number of nitrogens with zero attached hydrogens (tertiary/aromatic N) is 2. The van der Waals surface area contributed by atoms with Crippen molar-refractivity contribution in [3.05, 3.63) is 41.0 Å². The number of carbonyl (C=O) groups is 1. The molecule has 3 fully saturated rings. The zero-order valence-corrected chi connectivity index (χ0v) is 12.5. The van der Waals surface area contributed by atoms with Gasteiger partial charge in [0.15, 0.2) is 6.61 Å². The Hall–Kier alpha value is -2.08. The predicted octanol–water partition coefficient (Wildman–Crippen LogP) is 2.22.